The minimum absolute atomic E-state index is 0.0253. The molecule has 3 rings (SSSR count). The predicted molar refractivity (Wildman–Crippen MR) is 105 cm³/mol. The number of aromatic nitrogens is 2. The molecule has 1 aromatic carbocycles. The quantitative estimate of drug-likeness (QED) is 0.808. The highest BCUT2D eigenvalue weighted by atomic mass is 16.2. The van der Waals surface area contributed by atoms with Crippen LogP contribution in [-0.2, 0) is 20.5 Å². The number of hydrogen-bond donors (Lipinski definition) is 0. The Morgan fingerprint density at radius 1 is 0.963 bits per heavy atom. The molecule has 1 aliphatic heterocycles. The van der Waals surface area contributed by atoms with Crippen LogP contribution in [0.5, 0.6) is 0 Å². The Labute approximate surface area is 158 Å². The van der Waals surface area contributed by atoms with Crippen molar-refractivity contribution in [3.8, 4) is 0 Å². The molecule has 144 valence electrons. The number of amides is 1. The smallest absolute Gasteiger partial charge is 0.332 e. The van der Waals surface area contributed by atoms with Crippen LogP contribution in [0.3, 0.4) is 0 Å². The largest absolute Gasteiger partial charge is 0.356 e. The van der Waals surface area contributed by atoms with Gasteiger partial charge in [0.1, 0.15) is 5.82 Å². The van der Waals surface area contributed by atoms with Gasteiger partial charge in [0.2, 0.25) is 0 Å². The predicted octanol–water partition coefficient (Wildman–Crippen LogP) is 0.999. The van der Waals surface area contributed by atoms with Gasteiger partial charge in [0.05, 0.1) is 0 Å². The van der Waals surface area contributed by atoms with Gasteiger partial charge in [0.25, 0.3) is 11.5 Å². The molecule has 2 aromatic rings. The lowest BCUT2D eigenvalue weighted by Gasteiger charge is -2.25. The summed E-state index contributed by atoms with van der Waals surface area (Å²) in [4.78, 5) is 40.9. The van der Waals surface area contributed by atoms with Crippen molar-refractivity contribution in [1.82, 2.24) is 14.0 Å². The highest BCUT2D eigenvalue weighted by Gasteiger charge is 2.22. The maximum absolute atomic E-state index is 12.8. The third kappa shape index (κ3) is 3.82. The van der Waals surface area contributed by atoms with Crippen molar-refractivity contribution in [2.24, 2.45) is 14.1 Å². The van der Waals surface area contributed by atoms with Crippen LogP contribution in [0.15, 0.2) is 39.9 Å². The third-order valence-corrected chi connectivity index (χ3v) is 5.22. The van der Waals surface area contributed by atoms with Crippen LogP contribution in [0.25, 0.3) is 0 Å². The SMILES string of the molecule is CCc1ccc(C(=O)N2CCCN(c3cc(=O)n(C)c(=O)n3C)CC2)cc1. The number of hydrogen-bond acceptors (Lipinski definition) is 4. The van der Waals surface area contributed by atoms with Crippen LogP contribution in [0, 0.1) is 0 Å². The fraction of sp³-hybridized carbons (Fsp3) is 0.450. The van der Waals surface area contributed by atoms with E-state index >= 15 is 0 Å². The Bertz CT molecular complexity index is 943. The van der Waals surface area contributed by atoms with E-state index in [-0.39, 0.29) is 17.2 Å². The van der Waals surface area contributed by atoms with E-state index in [1.54, 1.807) is 7.05 Å². The summed E-state index contributed by atoms with van der Waals surface area (Å²) in [6.07, 6.45) is 1.73. The monoisotopic (exact) mass is 370 g/mol. The lowest BCUT2D eigenvalue weighted by Crippen LogP contribution is -2.41. The van der Waals surface area contributed by atoms with Gasteiger partial charge in [-0.15, -0.1) is 0 Å². The molecule has 7 heteroatoms. The number of aryl methyl sites for hydroxylation is 1. The minimum atomic E-state index is -0.342. The van der Waals surface area contributed by atoms with Crippen molar-refractivity contribution in [1.29, 1.82) is 0 Å². The second-order valence-corrected chi connectivity index (χ2v) is 6.92. The molecule has 27 heavy (non-hydrogen) atoms. The van der Waals surface area contributed by atoms with Crippen molar-refractivity contribution in [3.05, 3.63) is 62.3 Å². The Kier molecular flexibility index (Phi) is 5.48. The average Bonchev–Trinajstić information content (AvgIpc) is 2.95. The molecule has 0 N–H and O–H groups in total. The van der Waals surface area contributed by atoms with Crippen LogP contribution in [0.2, 0.25) is 0 Å². The molecule has 1 fully saturated rings. The average molecular weight is 370 g/mol. The molecule has 1 saturated heterocycles. The number of carbonyl (C=O) groups is 1. The van der Waals surface area contributed by atoms with E-state index in [1.807, 2.05) is 34.1 Å². The normalized spacial score (nSPS) is 14.9. The van der Waals surface area contributed by atoms with Crippen LogP contribution in [0.4, 0.5) is 5.82 Å². The van der Waals surface area contributed by atoms with E-state index in [0.717, 1.165) is 17.4 Å². The highest BCUT2D eigenvalue weighted by molar-refractivity contribution is 5.94. The summed E-state index contributed by atoms with van der Waals surface area (Å²) in [5.41, 5.74) is 1.24. The Morgan fingerprint density at radius 3 is 2.33 bits per heavy atom. The number of rotatable bonds is 3. The van der Waals surface area contributed by atoms with E-state index < -0.39 is 0 Å². The van der Waals surface area contributed by atoms with Gasteiger partial charge in [-0.1, -0.05) is 19.1 Å². The van der Waals surface area contributed by atoms with E-state index in [9.17, 15) is 14.4 Å². The summed E-state index contributed by atoms with van der Waals surface area (Å²) < 4.78 is 2.58. The molecule has 0 saturated carbocycles. The summed E-state index contributed by atoms with van der Waals surface area (Å²) in [5.74, 6) is 0.627. The molecule has 0 bridgehead atoms. The molecule has 2 heterocycles. The van der Waals surface area contributed by atoms with Gasteiger partial charge < -0.3 is 9.80 Å². The molecular formula is C20H26N4O3. The first-order valence-corrected chi connectivity index (χ1v) is 9.32. The molecule has 0 spiro atoms. The lowest BCUT2D eigenvalue weighted by atomic mass is 10.1. The van der Waals surface area contributed by atoms with E-state index in [1.165, 1.54) is 23.2 Å². The van der Waals surface area contributed by atoms with Crippen LogP contribution in [0.1, 0.15) is 29.3 Å². The number of carbonyl (C=O) groups excluding carboxylic acids is 1. The number of nitrogens with zero attached hydrogens (tertiary/aromatic N) is 4. The zero-order valence-electron chi connectivity index (χ0n) is 16.1. The number of anilines is 1. The molecule has 0 unspecified atom stereocenters. The molecule has 7 nitrogen and oxygen atoms in total. The first-order valence-electron chi connectivity index (χ1n) is 9.32. The highest BCUT2D eigenvalue weighted by Crippen LogP contribution is 2.15. The van der Waals surface area contributed by atoms with Crippen molar-refractivity contribution in [2.45, 2.75) is 19.8 Å². The first-order chi connectivity index (χ1) is 12.9. The molecule has 1 aliphatic rings. The van der Waals surface area contributed by atoms with Gasteiger partial charge >= 0.3 is 5.69 Å². The van der Waals surface area contributed by atoms with Gasteiger partial charge in [-0.2, -0.15) is 0 Å². The zero-order chi connectivity index (χ0) is 19.6. The van der Waals surface area contributed by atoms with Crippen molar-refractivity contribution >= 4 is 11.7 Å². The molecule has 1 amide bonds. The second-order valence-electron chi connectivity index (χ2n) is 6.92. The Morgan fingerprint density at radius 2 is 1.67 bits per heavy atom. The van der Waals surface area contributed by atoms with Gasteiger partial charge in [0, 0.05) is 51.9 Å². The van der Waals surface area contributed by atoms with E-state index in [0.29, 0.717) is 37.6 Å². The Balaban J connectivity index is 1.77. The van der Waals surface area contributed by atoms with Gasteiger partial charge in [-0.05, 0) is 30.5 Å². The maximum atomic E-state index is 12.8. The van der Waals surface area contributed by atoms with Crippen LogP contribution < -0.4 is 16.1 Å². The summed E-state index contributed by atoms with van der Waals surface area (Å²) in [6.45, 7) is 4.57. The summed E-state index contributed by atoms with van der Waals surface area (Å²) in [7, 11) is 3.14. The zero-order valence-corrected chi connectivity index (χ0v) is 16.1. The maximum Gasteiger partial charge on any atom is 0.332 e. The summed E-state index contributed by atoms with van der Waals surface area (Å²) in [6, 6.07) is 9.24. The third-order valence-electron chi connectivity index (χ3n) is 5.22. The van der Waals surface area contributed by atoms with Crippen molar-refractivity contribution in [2.75, 3.05) is 31.1 Å². The van der Waals surface area contributed by atoms with Crippen LogP contribution >= 0.6 is 0 Å². The fourth-order valence-electron chi connectivity index (χ4n) is 3.44. The molecular weight excluding hydrogens is 344 g/mol. The van der Waals surface area contributed by atoms with Crippen LogP contribution in [-0.4, -0.2) is 46.1 Å². The lowest BCUT2D eigenvalue weighted by molar-refractivity contribution is 0.0767. The standard InChI is InChI=1S/C20H26N4O3/c1-4-15-6-8-16(9-7-15)19(26)24-11-5-10-23(12-13-24)17-14-18(25)22(3)20(27)21(17)2/h6-9,14H,4-5,10-13H2,1-3H3. The van der Waals surface area contributed by atoms with Gasteiger partial charge in [-0.25, -0.2) is 4.79 Å². The first kappa shape index (κ1) is 18.9. The molecule has 0 atom stereocenters. The van der Waals surface area contributed by atoms with Gasteiger partial charge in [-0.3, -0.25) is 18.7 Å². The minimum Gasteiger partial charge on any atom is -0.356 e. The van der Waals surface area contributed by atoms with Gasteiger partial charge in [0.15, 0.2) is 0 Å². The van der Waals surface area contributed by atoms with E-state index in [4.69, 9.17) is 0 Å². The van der Waals surface area contributed by atoms with Crippen molar-refractivity contribution in [3.63, 3.8) is 0 Å². The number of benzene rings is 1. The fourth-order valence-corrected chi connectivity index (χ4v) is 3.44. The summed E-state index contributed by atoms with van der Waals surface area (Å²) in [5, 5.41) is 0. The molecule has 1 aromatic heterocycles. The summed E-state index contributed by atoms with van der Waals surface area (Å²) >= 11 is 0. The molecule has 0 radical (unpaired) electrons. The van der Waals surface area contributed by atoms with E-state index in [2.05, 4.69) is 6.92 Å². The van der Waals surface area contributed by atoms with Crippen molar-refractivity contribution < 1.29 is 4.79 Å². The molecule has 0 aliphatic carbocycles. The topological polar surface area (TPSA) is 67.6 Å². The Hall–Kier alpha value is -2.83. The second kappa shape index (κ2) is 7.82.